The van der Waals surface area contributed by atoms with E-state index in [1.165, 1.54) is 12.1 Å². The van der Waals surface area contributed by atoms with Crippen molar-refractivity contribution in [2.75, 3.05) is 19.8 Å². The Labute approximate surface area is 118 Å². The number of hydrogen-bond donors (Lipinski definition) is 0. The topological polar surface area (TPSA) is 38.8 Å². The van der Waals surface area contributed by atoms with E-state index in [0.717, 1.165) is 0 Å². The first-order valence-electron chi connectivity index (χ1n) is 6.85. The van der Waals surface area contributed by atoms with Crippen molar-refractivity contribution in [3.05, 3.63) is 30.1 Å². The average molecular weight is 281 g/mol. The number of amides is 1. The molecule has 0 aromatic heterocycles. The number of ether oxygens (including phenoxy) is 2. The van der Waals surface area contributed by atoms with Gasteiger partial charge in [0, 0.05) is 6.54 Å². The Morgan fingerprint density at radius 3 is 2.80 bits per heavy atom. The Morgan fingerprint density at radius 2 is 2.10 bits per heavy atom. The standard InChI is InChI=1S/C15H20FNO3/c1-11-10-20-12(2)9-17(11)15(18)7-8-19-14-5-3-13(16)4-6-14/h3-6,11-12H,7-10H2,1-2H3. The van der Waals surface area contributed by atoms with Gasteiger partial charge in [-0.2, -0.15) is 0 Å². The van der Waals surface area contributed by atoms with Gasteiger partial charge >= 0.3 is 0 Å². The Morgan fingerprint density at radius 1 is 1.40 bits per heavy atom. The average Bonchev–Trinajstić information content (AvgIpc) is 2.43. The van der Waals surface area contributed by atoms with Crippen LogP contribution in [0.4, 0.5) is 4.39 Å². The monoisotopic (exact) mass is 281 g/mol. The predicted octanol–water partition coefficient (Wildman–Crippen LogP) is 2.23. The summed E-state index contributed by atoms with van der Waals surface area (Å²) in [5, 5.41) is 0. The summed E-state index contributed by atoms with van der Waals surface area (Å²) < 4.78 is 23.7. The van der Waals surface area contributed by atoms with Crippen LogP contribution in [0.1, 0.15) is 20.3 Å². The molecule has 110 valence electrons. The molecule has 1 saturated heterocycles. The zero-order valence-corrected chi connectivity index (χ0v) is 11.8. The maximum Gasteiger partial charge on any atom is 0.226 e. The van der Waals surface area contributed by atoms with E-state index in [0.29, 0.717) is 31.9 Å². The van der Waals surface area contributed by atoms with E-state index < -0.39 is 0 Å². The van der Waals surface area contributed by atoms with Crippen LogP contribution in [0.15, 0.2) is 24.3 Å². The van der Waals surface area contributed by atoms with Gasteiger partial charge in [0.1, 0.15) is 11.6 Å². The molecule has 0 bridgehead atoms. The Kier molecular flexibility index (Phi) is 4.95. The molecule has 5 heteroatoms. The van der Waals surface area contributed by atoms with E-state index in [2.05, 4.69) is 0 Å². The molecule has 0 spiro atoms. The number of carbonyl (C=O) groups is 1. The lowest BCUT2D eigenvalue weighted by Gasteiger charge is -2.36. The third kappa shape index (κ3) is 3.93. The molecule has 2 unspecified atom stereocenters. The maximum absolute atomic E-state index is 12.7. The fourth-order valence-electron chi connectivity index (χ4n) is 2.18. The molecule has 2 atom stereocenters. The van der Waals surface area contributed by atoms with Crippen molar-refractivity contribution in [3.63, 3.8) is 0 Å². The lowest BCUT2D eigenvalue weighted by Crippen LogP contribution is -2.50. The molecule has 1 aromatic carbocycles. The summed E-state index contributed by atoms with van der Waals surface area (Å²) in [6.07, 6.45) is 0.391. The molecule has 1 aromatic rings. The lowest BCUT2D eigenvalue weighted by molar-refractivity contribution is -0.143. The van der Waals surface area contributed by atoms with Gasteiger partial charge in [-0.3, -0.25) is 4.79 Å². The van der Waals surface area contributed by atoms with Crippen molar-refractivity contribution in [3.8, 4) is 5.75 Å². The molecule has 4 nitrogen and oxygen atoms in total. The van der Waals surface area contributed by atoms with E-state index >= 15 is 0 Å². The van der Waals surface area contributed by atoms with Crippen molar-refractivity contribution < 1.29 is 18.7 Å². The van der Waals surface area contributed by atoms with E-state index in [1.807, 2.05) is 18.7 Å². The Bertz CT molecular complexity index is 449. The molecule has 1 amide bonds. The highest BCUT2D eigenvalue weighted by Gasteiger charge is 2.27. The molecular formula is C15H20FNO3. The van der Waals surface area contributed by atoms with Gasteiger partial charge in [-0.15, -0.1) is 0 Å². The zero-order chi connectivity index (χ0) is 14.5. The van der Waals surface area contributed by atoms with Crippen molar-refractivity contribution in [1.29, 1.82) is 0 Å². The Hall–Kier alpha value is -1.62. The second-order valence-electron chi connectivity index (χ2n) is 5.09. The number of hydrogen-bond acceptors (Lipinski definition) is 3. The third-order valence-electron chi connectivity index (χ3n) is 3.33. The van der Waals surface area contributed by atoms with Gasteiger partial charge in [0.15, 0.2) is 0 Å². The van der Waals surface area contributed by atoms with Gasteiger partial charge in [0.2, 0.25) is 5.91 Å². The normalized spacial score (nSPS) is 22.6. The van der Waals surface area contributed by atoms with Gasteiger partial charge in [0.25, 0.3) is 0 Å². The molecule has 0 N–H and O–H groups in total. The largest absolute Gasteiger partial charge is 0.493 e. The van der Waals surface area contributed by atoms with Crippen molar-refractivity contribution in [2.24, 2.45) is 0 Å². The van der Waals surface area contributed by atoms with Crippen LogP contribution in [0, 0.1) is 5.82 Å². The Balaban J connectivity index is 1.78. The lowest BCUT2D eigenvalue weighted by atomic mass is 10.2. The molecule has 0 saturated carbocycles. The van der Waals surface area contributed by atoms with Crippen LogP contribution in [-0.4, -0.2) is 42.7 Å². The summed E-state index contributed by atoms with van der Waals surface area (Å²) >= 11 is 0. The van der Waals surface area contributed by atoms with Crippen LogP contribution in [0.5, 0.6) is 5.75 Å². The second kappa shape index (κ2) is 6.70. The molecule has 1 heterocycles. The maximum atomic E-state index is 12.7. The van der Waals surface area contributed by atoms with Crippen molar-refractivity contribution in [1.82, 2.24) is 4.90 Å². The van der Waals surface area contributed by atoms with E-state index in [4.69, 9.17) is 9.47 Å². The fraction of sp³-hybridized carbons (Fsp3) is 0.533. The van der Waals surface area contributed by atoms with Crippen LogP contribution < -0.4 is 4.74 Å². The summed E-state index contributed by atoms with van der Waals surface area (Å²) in [5.74, 6) is 0.335. The van der Waals surface area contributed by atoms with E-state index in [9.17, 15) is 9.18 Å². The zero-order valence-electron chi connectivity index (χ0n) is 11.8. The quantitative estimate of drug-likeness (QED) is 0.849. The first-order chi connectivity index (χ1) is 9.56. The number of rotatable bonds is 4. The van der Waals surface area contributed by atoms with Crippen LogP contribution in [-0.2, 0) is 9.53 Å². The number of benzene rings is 1. The molecule has 1 aliphatic heterocycles. The highest BCUT2D eigenvalue weighted by atomic mass is 19.1. The van der Waals surface area contributed by atoms with Gasteiger partial charge in [-0.25, -0.2) is 4.39 Å². The second-order valence-corrected chi connectivity index (χ2v) is 5.09. The smallest absolute Gasteiger partial charge is 0.226 e. The molecule has 1 fully saturated rings. The fourth-order valence-corrected chi connectivity index (χ4v) is 2.18. The summed E-state index contributed by atoms with van der Waals surface area (Å²) in [4.78, 5) is 14.0. The van der Waals surface area contributed by atoms with E-state index in [1.54, 1.807) is 12.1 Å². The van der Waals surface area contributed by atoms with Gasteiger partial charge in [0.05, 0.1) is 31.8 Å². The minimum absolute atomic E-state index is 0.0646. The SMILES string of the molecule is CC1CN(C(=O)CCOc2ccc(F)cc2)C(C)CO1. The van der Waals surface area contributed by atoms with Gasteiger partial charge < -0.3 is 14.4 Å². The minimum Gasteiger partial charge on any atom is -0.493 e. The first kappa shape index (κ1) is 14.8. The number of morpholine rings is 1. The summed E-state index contributed by atoms with van der Waals surface area (Å²) in [6.45, 7) is 5.43. The number of halogens is 1. The van der Waals surface area contributed by atoms with E-state index in [-0.39, 0.29) is 23.9 Å². The van der Waals surface area contributed by atoms with Gasteiger partial charge in [-0.1, -0.05) is 0 Å². The molecule has 0 radical (unpaired) electrons. The van der Waals surface area contributed by atoms with Crippen LogP contribution in [0.3, 0.4) is 0 Å². The van der Waals surface area contributed by atoms with Crippen molar-refractivity contribution in [2.45, 2.75) is 32.4 Å². The van der Waals surface area contributed by atoms with Gasteiger partial charge in [-0.05, 0) is 38.1 Å². The summed E-state index contributed by atoms with van der Waals surface area (Å²) in [6, 6.07) is 5.88. The highest BCUT2D eigenvalue weighted by molar-refractivity contribution is 5.76. The number of carbonyl (C=O) groups excluding carboxylic acids is 1. The molecule has 20 heavy (non-hydrogen) atoms. The summed E-state index contributed by atoms with van der Waals surface area (Å²) in [5.41, 5.74) is 0. The number of nitrogens with zero attached hydrogens (tertiary/aromatic N) is 1. The van der Waals surface area contributed by atoms with Crippen LogP contribution in [0.25, 0.3) is 0 Å². The molecular weight excluding hydrogens is 261 g/mol. The molecule has 0 aliphatic carbocycles. The summed E-state index contributed by atoms with van der Waals surface area (Å²) in [7, 11) is 0. The predicted molar refractivity (Wildman–Crippen MR) is 73.1 cm³/mol. The molecule has 1 aliphatic rings. The van der Waals surface area contributed by atoms with Crippen molar-refractivity contribution >= 4 is 5.91 Å². The molecule has 2 rings (SSSR count). The first-order valence-corrected chi connectivity index (χ1v) is 6.85. The third-order valence-corrected chi connectivity index (χ3v) is 3.33. The minimum atomic E-state index is -0.301. The van der Waals surface area contributed by atoms with Crippen LogP contribution in [0.2, 0.25) is 0 Å². The highest BCUT2D eigenvalue weighted by Crippen LogP contribution is 2.14. The van der Waals surface area contributed by atoms with Crippen LogP contribution >= 0.6 is 0 Å².